The van der Waals surface area contributed by atoms with E-state index in [1.165, 1.54) is 0 Å². The molecule has 0 aromatic rings. The van der Waals surface area contributed by atoms with Crippen molar-refractivity contribution in [3.8, 4) is 0 Å². The van der Waals surface area contributed by atoms with E-state index in [0.717, 1.165) is 39.2 Å². The highest BCUT2D eigenvalue weighted by atomic mass is 32.2. The molecule has 0 spiro atoms. The molecule has 18 heavy (non-hydrogen) atoms. The predicted molar refractivity (Wildman–Crippen MR) is 70.0 cm³/mol. The molecule has 106 valence electrons. The maximum Gasteiger partial charge on any atom is 0.212 e. The minimum Gasteiger partial charge on any atom is -0.381 e. The molecule has 6 nitrogen and oxygen atoms in total. The first-order chi connectivity index (χ1) is 8.66. The van der Waals surface area contributed by atoms with Crippen LogP contribution in [0.15, 0.2) is 0 Å². The molecular formula is C11H23N3O3S. The van der Waals surface area contributed by atoms with Gasteiger partial charge in [-0.15, -0.1) is 0 Å². The van der Waals surface area contributed by atoms with Gasteiger partial charge >= 0.3 is 0 Å². The summed E-state index contributed by atoms with van der Waals surface area (Å²) in [5, 5.41) is 3.25. The average molecular weight is 277 g/mol. The number of sulfonamides is 1. The normalized spacial score (nSPS) is 26.6. The highest BCUT2D eigenvalue weighted by molar-refractivity contribution is 7.89. The summed E-state index contributed by atoms with van der Waals surface area (Å²) in [6.45, 7) is 6.35. The molecule has 0 aliphatic carbocycles. The summed E-state index contributed by atoms with van der Waals surface area (Å²) in [6.07, 6.45) is 0.959. The Kier molecular flexibility index (Phi) is 5.38. The Hall–Kier alpha value is -0.210. The summed E-state index contributed by atoms with van der Waals surface area (Å²) in [6, 6.07) is 0. The molecule has 0 amide bonds. The summed E-state index contributed by atoms with van der Waals surface area (Å²) < 4.78 is 31.6. The van der Waals surface area contributed by atoms with E-state index in [9.17, 15) is 8.42 Å². The van der Waals surface area contributed by atoms with Gasteiger partial charge in [0.1, 0.15) is 0 Å². The molecule has 0 saturated carbocycles. The van der Waals surface area contributed by atoms with Gasteiger partial charge in [0.15, 0.2) is 0 Å². The molecule has 2 rings (SSSR count). The molecule has 2 N–H and O–H groups in total. The van der Waals surface area contributed by atoms with E-state index in [-0.39, 0.29) is 5.75 Å². The van der Waals surface area contributed by atoms with Crippen molar-refractivity contribution < 1.29 is 13.2 Å². The van der Waals surface area contributed by atoms with Crippen molar-refractivity contribution in [2.45, 2.75) is 6.42 Å². The number of piperazine rings is 1. The van der Waals surface area contributed by atoms with Crippen molar-refractivity contribution in [3.05, 3.63) is 0 Å². The molecule has 1 atom stereocenters. The van der Waals surface area contributed by atoms with Gasteiger partial charge in [0.25, 0.3) is 0 Å². The molecule has 2 aliphatic rings. The Bertz CT molecular complexity index is 335. The van der Waals surface area contributed by atoms with Crippen LogP contribution in [-0.2, 0) is 14.8 Å². The highest BCUT2D eigenvalue weighted by Crippen LogP contribution is 2.11. The molecule has 0 bridgehead atoms. The van der Waals surface area contributed by atoms with Crippen molar-refractivity contribution in [3.63, 3.8) is 0 Å². The first kappa shape index (κ1) is 14.2. The molecule has 0 radical (unpaired) electrons. The van der Waals surface area contributed by atoms with Crippen LogP contribution in [0, 0.1) is 5.92 Å². The van der Waals surface area contributed by atoms with Gasteiger partial charge in [-0.05, 0) is 12.3 Å². The van der Waals surface area contributed by atoms with E-state index in [1.807, 2.05) is 0 Å². The van der Waals surface area contributed by atoms with Crippen molar-refractivity contribution >= 4 is 10.0 Å². The van der Waals surface area contributed by atoms with Crippen LogP contribution in [0.1, 0.15) is 6.42 Å². The Morgan fingerprint density at radius 2 is 2.11 bits per heavy atom. The molecular weight excluding hydrogens is 254 g/mol. The van der Waals surface area contributed by atoms with E-state index < -0.39 is 10.0 Å². The topological polar surface area (TPSA) is 70.7 Å². The van der Waals surface area contributed by atoms with Crippen LogP contribution < -0.4 is 10.0 Å². The monoisotopic (exact) mass is 277 g/mol. The van der Waals surface area contributed by atoms with Crippen LogP contribution in [0.2, 0.25) is 0 Å². The number of nitrogens with zero attached hydrogens (tertiary/aromatic N) is 1. The van der Waals surface area contributed by atoms with Gasteiger partial charge in [0, 0.05) is 45.9 Å². The van der Waals surface area contributed by atoms with E-state index in [1.54, 1.807) is 0 Å². The summed E-state index contributed by atoms with van der Waals surface area (Å²) in [4.78, 5) is 2.19. The van der Waals surface area contributed by atoms with Crippen molar-refractivity contribution in [2.75, 3.05) is 58.2 Å². The molecule has 2 aliphatic heterocycles. The fraction of sp³-hybridized carbons (Fsp3) is 1.00. The molecule has 1 unspecified atom stereocenters. The third-order valence-electron chi connectivity index (χ3n) is 3.50. The van der Waals surface area contributed by atoms with Gasteiger partial charge < -0.3 is 10.1 Å². The molecule has 2 heterocycles. The Labute approximate surface area is 109 Å². The average Bonchev–Trinajstić information content (AvgIpc) is 2.89. The fourth-order valence-corrected chi connectivity index (χ4v) is 3.38. The predicted octanol–water partition coefficient (Wildman–Crippen LogP) is -1.15. The van der Waals surface area contributed by atoms with Crippen LogP contribution in [0.25, 0.3) is 0 Å². The number of rotatable bonds is 6. The Morgan fingerprint density at radius 3 is 2.78 bits per heavy atom. The second kappa shape index (κ2) is 6.81. The lowest BCUT2D eigenvalue weighted by atomic mass is 10.1. The van der Waals surface area contributed by atoms with E-state index in [4.69, 9.17) is 4.74 Å². The summed E-state index contributed by atoms with van der Waals surface area (Å²) in [5.41, 5.74) is 0. The number of ether oxygens (including phenoxy) is 1. The SMILES string of the molecule is O=S(=O)(CCN1CCNCC1)NCC1CCOC1. The lowest BCUT2D eigenvalue weighted by Gasteiger charge is -2.26. The van der Waals surface area contributed by atoms with Crippen LogP contribution in [0.4, 0.5) is 0 Å². The quantitative estimate of drug-likeness (QED) is 0.641. The van der Waals surface area contributed by atoms with Crippen molar-refractivity contribution in [2.24, 2.45) is 5.92 Å². The zero-order valence-corrected chi connectivity index (χ0v) is 11.5. The number of nitrogens with one attached hydrogen (secondary N) is 2. The van der Waals surface area contributed by atoms with Gasteiger partial charge in [-0.25, -0.2) is 13.1 Å². The highest BCUT2D eigenvalue weighted by Gasteiger charge is 2.19. The van der Waals surface area contributed by atoms with E-state index in [2.05, 4.69) is 14.9 Å². The van der Waals surface area contributed by atoms with Gasteiger partial charge in [-0.3, -0.25) is 4.90 Å². The number of hydrogen-bond acceptors (Lipinski definition) is 5. The third-order valence-corrected chi connectivity index (χ3v) is 4.83. The standard InChI is InChI=1S/C11H23N3O3S/c15-18(16,13-9-11-1-7-17-10-11)8-6-14-4-2-12-3-5-14/h11-13H,1-10H2. The fourth-order valence-electron chi connectivity index (χ4n) is 2.25. The lowest BCUT2D eigenvalue weighted by molar-refractivity contribution is 0.186. The maximum atomic E-state index is 11.8. The first-order valence-corrected chi connectivity index (χ1v) is 8.29. The zero-order chi connectivity index (χ0) is 12.8. The molecule has 7 heteroatoms. The minimum atomic E-state index is -3.14. The van der Waals surface area contributed by atoms with E-state index in [0.29, 0.717) is 25.6 Å². The molecule has 2 saturated heterocycles. The molecule has 2 fully saturated rings. The smallest absolute Gasteiger partial charge is 0.212 e. The van der Waals surface area contributed by atoms with Gasteiger partial charge in [-0.2, -0.15) is 0 Å². The Balaban J connectivity index is 1.66. The zero-order valence-electron chi connectivity index (χ0n) is 10.7. The first-order valence-electron chi connectivity index (χ1n) is 6.64. The Morgan fingerprint density at radius 1 is 1.33 bits per heavy atom. The summed E-state index contributed by atoms with van der Waals surface area (Å²) in [5.74, 6) is 0.541. The van der Waals surface area contributed by atoms with E-state index >= 15 is 0 Å². The molecule has 0 aromatic carbocycles. The minimum absolute atomic E-state index is 0.195. The van der Waals surface area contributed by atoms with Crippen LogP contribution in [0.3, 0.4) is 0 Å². The van der Waals surface area contributed by atoms with Gasteiger partial charge in [-0.1, -0.05) is 0 Å². The maximum absolute atomic E-state index is 11.8. The van der Waals surface area contributed by atoms with Gasteiger partial charge in [0.2, 0.25) is 10.0 Å². The summed E-state index contributed by atoms with van der Waals surface area (Å²) in [7, 11) is -3.14. The largest absolute Gasteiger partial charge is 0.381 e. The summed E-state index contributed by atoms with van der Waals surface area (Å²) >= 11 is 0. The van der Waals surface area contributed by atoms with Crippen LogP contribution in [-0.4, -0.2) is 71.6 Å². The van der Waals surface area contributed by atoms with Crippen LogP contribution in [0.5, 0.6) is 0 Å². The van der Waals surface area contributed by atoms with Gasteiger partial charge in [0.05, 0.1) is 12.4 Å². The molecule has 0 aromatic heterocycles. The lowest BCUT2D eigenvalue weighted by Crippen LogP contribution is -2.46. The van der Waals surface area contributed by atoms with Crippen molar-refractivity contribution in [1.29, 1.82) is 0 Å². The van der Waals surface area contributed by atoms with Crippen LogP contribution >= 0.6 is 0 Å². The number of hydrogen-bond donors (Lipinski definition) is 2. The third kappa shape index (κ3) is 4.81. The van der Waals surface area contributed by atoms with Crippen molar-refractivity contribution in [1.82, 2.24) is 14.9 Å². The second-order valence-electron chi connectivity index (χ2n) is 4.99. The second-order valence-corrected chi connectivity index (χ2v) is 6.92.